The van der Waals surface area contributed by atoms with E-state index < -0.39 is 5.79 Å². The van der Waals surface area contributed by atoms with Gasteiger partial charge in [-0.05, 0) is 13.3 Å². The Kier molecular flexibility index (Phi) is 4.35. The van der Waals surface area contributed by atoms with Gasteiger partial charge in [-0.25, -0.2) is 0 Å². The Balaban J connectivity index is 2.11. The van der Waals surface area contributed by atoms with Gasteiger partial charge in [0.2, 0.25) is 0 Å². The highest BCUT2D eigenvalue weighted by Crippen LogP contribution is 2.22. The Morgan fingerprint density at radius 3 is 2.64 bits per heavy atom. The number of hydrogen-bond donors (Lipinski definition) is 0. The van der Waals surface area contributed by atoms with Crippen LogP contribution in [0.25, 0.3) is 0 Å². The van der Waals surface area contributed by atoms with E-state index in [9.17, 15) is 4.79 Å². The van der Waals surface area contributed by atoms with Crippen LogP contribution in [0, 0.1) is 0 Å². The van der Waals surface area contributed by atoms with Crippen LogP contribution in [0.2, 0.25) is 0 Å². The predicted octanol–water partition coefficient (Wildman–Crippen LogP) is 1.48. The highest BCUT2D eigenvalue weighted by atomic mass is 16.7. The highest BCUT2D eigenvalue weighted by Gasteiger charge is 2.30. The minimum absolute atomic E-state index is 0.144. The molecule has 1 rings (SSSR count). The van der Waals surface area contributed by atoms with Crippen molar-refractivity contribution < 1.29 is 19.0 Å². The van der Waals surface area contributed by atoms with E-state index in [1.807, 2.05) is 13.8 Å². The fraction of sp³-hybridized carbons (Fsp3) is 0.900. The Morgan fingerprint density at radius 2 is 2.07 bits per heavy atom. The molecule has 4 nitrogen and oxygen atoms in total. The van der Waals surface area contributed by atoms with Gasteiger partial charge in [0.05, 0.1) is 19.8 Å². The maximum Gasteiger partial charge on any atom is 0.305 e. The Bertz CT molecular complexity index is 185. The summed E-state index contributed by atoms with van der Waals surface area (Å²) in [6, 6.07) is 0. The van der Waals surface area contributed by atoms with Crippen LogP contribution in [0.15, 0.2) is 0 Å². The number of carbonyl (C=O) groups is 1. The lowest BCUT2D eigenvalue weighted by Gasteiger charge is -2.21. The van der Waals surface area contributed by atoms with Crippen molar-refractivity contribution in [2.75, 3.05) is 19.8 Å². The first-order chi connectivity index (χ1) is 6.66. The second-order valence-electron chi connectivity index (χ2n) is 3.55. The summed E-state index contributed by atoms with van der Waals surface area (Å²) in [6.45, 7) is 5.44. The van der Waals surface area contributed by atoms with Crippen LogP contribution < -0.4 is 0 Å². The zero-order chi connectivity index (χ0) is 10.4. The predicted molar refractivity (Wildman–Crippen MR) is 50.8 cm³/mol. The van der Waals surface area contributed by atoms with Gasteiger partial charge in [-0.1, -0.05) is 6.92 Å². The summed E-state index contributed by atoms with van der Waals surface area (Å²) in [5.74, 6) is -0.693. The third-order valence-electron chi connectivity index (χ3n) is 2.17. The first-order valence-corrected chi connectivity index (χ1v) is 5.10. The maximum atomic E-state index is 11.0. The van der Waals surface area contributed by atoms with E-state index in [2.05, 4.69) is 0 Å². The lowest BCUT2D eigenvalue weighted by atomic mass is 10.2. The number of ether oxygens (including phenoxy) is 3. The second-order valence-corrected chi connectivity index (χ2v) is 3.55. The summed E-state index contributed by atoms with van der Waals surface area (Å²) < 4.78 is 15.7. The van der Waals surface area contributed by atoms with Crippen LogP contribution in [0.5, 0.6) is 0 Å². The molecule has 0 unspecified atom stereocenters. The van der Waals surface area contributed by atoms with Gasteiger partial charge in [0.1, 0.15) is 0 Å². The molecule has 0 atom stereocenters. The summed E-state index contributed by atoms with van der Waals surface area (Å²) in [7, 11) is 0. The van der Waals surface area contributed by atoms with E-state index in [0.717, 1.165) is 6.42 Å². The molecule has 1 aliphatic rings. The van der Waals surface area contributed by atoms with Gasteiger partial charge in [-0.2, -0.15) is 0 Å². The second kappa shape index (κ2) is 5.32. The first kappa shape index (κ1) is 11.5. The smallest absolute Gasteiger partial charge is 0.305 e. The Morgan fingerprint density at radius 1 is 1.43 bits per heavy atom. The van der Waals surface area contributed by atoms with E-state index in [-0.39, 0.29) is 5.97 Å². The fourth-order valence-electron chi connectivity index (χ4n) is 1.33. The van der Waals surface area contributed by atoms with Crippen molar-refractivity contribution >= 4 is 5.97 Å². The zero-order valence-corrected chi connectivity index (χ0v) is 8.88. The van der Waals surface area contributed by atoms with Crippen LogP contribution in [0.1, 0.15) is 33.1 Å². The van der Waals surface area contributed by atoms with Crippen LogP contribution in [-0.2, 0) is 19.0 Å². The molecule has 1 saturated heterocycles. The van der Waals surface area contributed by atoms with Gasteiger partial charge < -0.3 is 14.2 Å². The number of hydrogen-bond acceptors (Lipinski definition) is 4. The third kappa shape index (κ3) is 3.64. The molecule has 0 N–H and O–H groups in total. The molecule has 1 fully saturated rings. The summed E-state index contributed by atoms with van der Waals surface area (Å²) in [5.41, 5.74) is 0. The molecule has 4 heteroatoms. The lowest BCUT2D eigenvalue weighted by Crippen LogP contribution is -2.27. The molecule has 0 aromatic heterocycles. The van der Waals surface area contributed by atoms with Gasteiger partial charge >= 0.3 is 5.97 Å². The van der Waals surface area contributed by atoms with E-state index in [1.165, 1.54) is 0 Å². The quantitative estimate of drug-likeness (QED) is 0.633. The average molecular weight is 202 g/mol. The molecular weight excluding hydrogens is 184 g/mol. The van der Waals surface area contributed by atoms with Crippen molar-refractivity contribution in [2.45, 2.75) is 38.9 Å². The summed E-state index contributed by atoms with van der Waals surface area (Å²) >= 11 is 0. The molecule has 0 spiro atoms. The Hall–Kier alpha value is -0.610. The summed E-state index contributed by atoms with van der Waals surface area (Å²) in [4.78, 5) is 11.0. The summed E-state index contributed by atoms with van der Waals surface area (Å²) in [5, 5.41) is 0. The zero-order valence-electron chi connectivity index (χ0n) is 8.88. The molecule has 1 aliphatic heterocycles. The van der Waals surface area contributed by atoms with Crippen LogP contribution in [-0.4, -0.2) is 31.6 Å². The molecular formula is C10H18O4. The van der Waals surface area contributed by atoms with E-state index >= 15 is 0 Å². The number of rotatable bonds is 5. The first-order valence-electron chi connectivity index (χ1n) is 5.10. The largest absolute Gasteiger partial charge is 0.465 e. The van der Waals surface area contributed by atoms with E-state index in [4.69, 9.17) is 14.2 Å². The monoisotopic (exact) mass is 202 g/mol. The molecule has 82 valence electrons. The normalized spacial score (nSPS) is 19.6. The number of carbonyl (C=O) groups excluding carboxylic acids is 1. The van der Waals surface area contributed by atoms with Crippen LogP contribution >= 0.6 is 0 Å². The highest BCUT2D eigenvalue weighted by molar-refractivity contribution is 5.69. The van der Waals surface area contributed by atoms with Crippen molar-refractivity contribution in [1.29, 1.82) is 0 Å². The molecule has 0 amide bonds. The van der Waals surface area contributed by atoms with Crippen molar-refractivity contribution in [3.8, 4) is 0 Å². The SMILES string of the molecule is CCCC(=O)OCCC1(C)OCCO1. The molecule has 0 saturated carbocycles. The fourth-order valence-corrected chi connectivity index (χ4v) is 1.33. The average Bonchev–Trinajstić information content (AvgIpc) is 2.53. The third-order valence-corrected chi connectivity index (χ3v) is 2.17. The van der Waals surface area contributed by atoms with Gasteiger partial charge in [-0.15, -0.1) is 0 Å². The molecule has 0 aromatic carbocycles. The van der Waals surface area contributed by atoms with Gasteiger partial charge in [0, 0.05) is 12.8 Å². The standard InChI is InChI=1S/C10H18O4/c1-3-4-9(11)12-6-5-10(2)13-7-8-14-10/h3-8H2,1-2H3. The van der Waals surface area contributed by atoms with Crippen molar-refractivity contribution in [3.05, 3.63) is 0 Å². The summed E-state index contributed by atoms with van der Waals surface area (Å²) in [6.07, 6.45) is 1.91. The van der Waals surface area contributed by atoms with Crippen LogP contribution in [0.3, 0.4) is 0 Å². The lowest BCUT2D eigenvalue weighted by molar-refractivity contribution is -0.163. The van der Waals surface area contributed by atoms with Crippen LogP contribution in [0.4, 0.5) is 0 Å². The molecule has 0 bridgehead atoms. The van der Waals surface area contributed by atoms with E-state index in [1.54, 1.807) is 0 Å². The topological polar surface area (TPSA) is 44.8 Å². The minimum atomic E-state index is -0.549. The van der Waals surface area contributed by atoms with Crippen molar-refractivity contribution in [1.82, 2.24) is 0 Å². The number of esters is 1. The Labute approximate surface area is 84.5 Å². The van der Waals surface area contributed by atoms with Gasteiger partial charge in [0.25, 0.3) is 0 Å². The van der Waals surface area contributed by atoms with E-state index in [0.29, 0.717) is 32.7 Å². The van der Waals surface area contributed by atoms with Gasteiger partial charge in [0.15, 0.2) is 5.79 Å². The molecule has 0 aromatic rings. The molecule has 0 aliphatic carbocycles. The minimum Gasteiger partial charge on any atom is -0.465 e. The maximum absolute atomic E-state index is 11.0. The molecule has 14 heavy (non-hydrogen) atoms. The van der Waals surface area contributed by atoms with Crippen molar-refractivity contribution in [3.63, 3.8) is 0 Å². The van der Waals surface area contributed by atoms with Crippen molar-refractivity contribution in [2.24, 2.45) is 0 Å². The van der Waals surface area contributed by atoms with Gasteiger partial charge in [-0.3, -0.25) is 4.79 Å². The molecule has 1 heterocycles. The molecule has 0 radical (unpaired) electrons.